The van der Waals surface area contributed by atoms with Crippen LogP contribution < -0.4 is 0 Å². The van der Waals surface area contributed by atoms with Crippen molar-refractivity contribution in [1.82, 2.24) is 9.88 Å². The first kappa shape index (κ1) is 14.3. The third-order valence-corrected chi connectivity index (χ3v) is 3.44. The lowest BCUT2D eigenvalue weighted by molar-refractivity contribution is -0.130. The number of aryl methyl sites for hydroxylation is 2. The van der Waals surface area contributed by atoms with Crippen LogP contribution in [0.2, 0.25) is 0 Å². The summed E-state index contributed by atoms with van der Waals surface area (Å²) >= 11 is 0. The van der Waals surface area contributed by atoms with Gasteiger partial charge >= 0.3 is 0 Å². The summed E-state index contributed by atoms with van der Waals surface area (Å²) < 4.78 is 0. The van der Waals surface area contributed by atoms with Crippen LogP contribution in [0.1, 0.15) is 23.1 Å². The van der Waals surface area contributed by atoms with Crippen LogP contribution >= 0.6 is 0 Å². The van der Waals surface area contributed by atoms with Crippen LogP contribution in [0.5, 0.6) is 0 Å². The molecule has 3 heteroatoms. The lowest BCUT2D eigenvalue weighted by Gasteiger charge is -2.18. The summed E-state index contributed by atoms with van der Waals surface area (Å²) in [6.45, 7) is 2.74. The Bertz CT molecular complexity index is 566. The van der Waals surface area contributed by atoms with Gasteiger partial charge in [-0.15, -0.1) is 0 Å². The van der Waals surface area contributed by atoms with Crippen LogP contribution in [0.25, 0.3) is 0 Å². The summed E-state index contributed by atoms with van der Waals surface area (Å²) in [7, 11) is 1.86. The number of amides is 1. The summed E-state index contributed by atoms with van der Waals surface area (Å²) in [5.41, 5.74) is 3.52. The van der Waals surface area contributed by atoms with Gasteiger partial charge in [0.2, 0.25) is 5.91 Å². The summed E-state index contributed by atoms with van der Waals surface area (Å²) in [5.74, 6) is 0.164. The van der Waals surface area contributed by atoms with E-state index >= 15 is 0 Å². The summed E-state index contributed by atoms with van der Waals surface area (Å²) in [4.78, 5) is 18.0. The number of carbonyl (C=O) groups excluding carboxylic acids is 1. The molecule has 2 aromatic rings. The van der Waals surface area contributed by atoms with E-state index in [1.807, 2.05) is 37.5 Å². The van der Waals surface area contributed by atoms with Crippen molar-refractivity contribution in [3.8, 4) is 0 Å². The number of aromatic nitrogens is 1. The Balaban J connectivity index is 1.88. The fourth-order valence-corrected chi connectivity index (χ4v) is 2.12. The van der Waals surface area contributed by atoms with E-state index in [1.54, 1.807) is 11.1 Å². The highest BCUT2D eigenvalue weighted by molar-refractivity contribution is 5.76. The van der Waals surface area contributed by atoms with Gasteiger partial charge in [-0.3, -0.25) is 9.78 Å². The quantitative estimate of drug-likeness (QED) is 0.835. The highest BCUT2D eigenvalue weighted by atomic mass is 16.2. The molecular formula is C17H20N2O. The molecule has 1 aromatic heterocycles. The second kappa shape index (κ2) is 6.85. The molecule has 1 amide bonds. The number of benzene rings is 1. The van der Waals surface area contributed by atoms with Crippen molar-refractivity contribution < 1.29 is 4.79 Å². The first-order valence-corrected chi connectivity index (χ1v) is 6.84. The number of hydrogen-bond acceptors (Lipinski definition) is 2. The number of nitrogens with zero attached hydrogens (tertiary/aromatic N) is 2. The largest absolute Gasteiger partial charge is 0.341 e. The Labute approximate surface area is 120 Å². The van der Waals surface area contributed by atoms with Crippen LogP contribution in [0.15, 0.2) is 48.8 Å². The van der Waals surface area contributed by atoms with Gasteiger partial charge in [-0.2, -0.15) is 0 Å². The maximum absolute atomic E-state index is 12.1. The topological polar surface area (TPSA) is 33.2 Å². The summed E-state index contributed by atoms with van der Waals surface area (Å²) in [6, 6.07) is 12.1. The van der Waals surface area contributed by atoms with Gasteiger partial charge in [-0.05, 0) is 36.1 Å². The second-order valence-corrected chi connectivity index (χ2v) is 5.04. The van der Waals surface area contributed by atoms with E-state index in [0.29, 0.717) is 13.0 Å². The molecule has 0 fully saturated rings. The van der Waals surface area contributed by atoms with Gasteiger partial charge in [0, 0.05) is 32.4 Å². The first-order valence-electron chi connectivity index (χ1n) is 6.84. The Kier molecular flexibility index (Phi) is 4.88. The fraction of sp³-hybridized carbons (Fsp3) is 0.294. The van der Waals surface area contributed by atoms with E-state index in [1.165, 1.54) is 11.1 Å². The van der Waals surface area contributed by atoms with Crippen molar-refractivity contribution in [3.05, 3.63) is 65.5 Å². The molecule has 1 heterocycles. The van der Waals surface area contributed by atoms with Crippen LogP contribution in [0.4, 0.5) is 0 Å². The van der Waals surface area contributed by atoms with E-state index in [0.717, 1.165) is 12.0 Å². The average molecular weight is 268 g/mol. The van der Waals surface area contributed by atoms with Crippen molar-refractivity contribution in [2.45, 2.75) is 26.3 Å². The van der Waals surface area contributed by atoms with E-state index < -0.39 is 0 Å². The van der Waals surface area contributed by atoms with E-state index in [2.05, 4.69) is 24.0 Å². The highest BCUT2D eigenvalue weighted by Gasteiger charge is 2.10. The molecule has 3 nitrogen and oxygen atoms in total. The van der Waals surface area contributed by atoms with Gasteiger partial charge in [0.05, 0.1) is 0 Å². The normalized spacial score (nSPS) is 10.3. The molecule has 1 aromatic carbocycles. The third kappa shape index (κ3) is 3.92. The minimum Gasteiger partial charge on any atom is -0.341 e. The smallest absolute Gasteiger partial charge is 0.222 e. The Hall–Kier alpha value is -2.16. The van der Waals surface area contributed by atoms with Crippen LogP contribution in [-0.4, -0.2) is 22.8 Å². The minimum atomic E-state index is 0.164. The molecule has 0 N–H and O–H groups in total. The standard InChI is InChI=1S/C17H20N2O/c1-14-6-3-4-8-16(14)13-19(2)17(20)10-9-15-7-5-11-18-12-15/h3-8,11-12H,9-10,13H2,1-2H3. The van der Waals surface area contributed by atoms with Gasteiger partial charge in [0.1, 0.15) is 0 Å². The fourth-order valence-electron chi connectivity index (χ4n) is 2.12. The van der Waals surface area contributed by atoms with Crippen molar-refractivity contribution >= 4 is 5.91 Å². The Morgan fingerprint density at radius 1 is 1.20 bits per heavy atom. The first-order chi connectivity index (χ1) is 9.66. The van der Waals surface area contributed by atoms with Gasteiger partial charge in [-0.25, -0.2) is 0 Å². The number of pyridine rings is 1. The molecule has 0 bridgehead atoms. The number of hydrogen-bond donors (Lipinski definition) is 0. The summed E-state index contributed by atoms with van der Waals surface area (Å²) in [5, 5.41) is 0. The molecular weight excluding hydrogens is 248 g/mol. The van der Waals surface area contributed by atoms with Gasteiger partial charge in [-0.1, -0.05) is 30.3 Å². The molecule has 0 saturated carbocycles. The molecule has 0 atom stereocenters. The lowest BCUT2D eigenvalue weighted by Crippen LogP contribution is -2.26. The zero-order chi connectivity index (χ0) is 14.4. The number of carbonyl (C=O) groups is 1. The molecule has 104 valence electrons. The van der Waals surface area contributed by atoms with Gasteiger partial charge in [0.15, 0.2) is 0 Å². The minimum absolute atomic E-state index is 0.164. The predicted octanol–water partition coefficient (Wildman–Crippen LogP) is 2.98. The molecule has 2 rings (SSSR count). The van der Waals surface area contributed by atoms with E-state index in [-0.39, 0.29) is 5.91 Å². The molecule has 0 aliphatic carbocycles. The van der Waals surface area contributed by atoms with E-state index in [9.17, 15) is 4.79 Å². The molecule has 0 unspecified atom stereocenters. The van der Waals surface area contributed by atoms with Crippen molar-refractivity contribution in [2.75, 3.05) is 7.05 Å². The Morgan fingerprint density at radius 3 is 2.70 bits per heavy atom. The zero-order valence-corrected chi connectivity index (χ0v) is 12.0. The maximum Gasteiger partial charge on any atom is 0.222 e. The number of rotatable bonds is 5. The van der Waals surface area contributed by atoms with Gasteiger partial charge < -0.3 is 4.90 Å². The van der Waals surface area contributed by atoms with Crippen LogP contribution in [0, 0.1) is 6.92 Å². The molecule has 0 aliphatic rings. The maximum atomic E-state index is 12.1. The summed E-state index contributed by atoms with van der Waals surface area (Å²) in [6.07, 6.45) is 4.82. The molecule has 0 spiro atoms. The second-order valence-electron chi connectivity index (χ2n) is 5.04. The van der Waals surface area contributed by atoms with Crippen LogP contribution in [0.3, 0.4) is 0 Å². The highest BCUT2D eigenvalue weighted by Crippen LogP contribution is 2.11. The van der Waals surface area contributed by atoms with E-state index in [4.69, 9.17) is 0 Å². The molecule has 0 radical (unpaired) electrons. The Morgan fingerprint density at radius 2 is 2.00 bits per heavy atom. The predicted molar refractivity (Wildman–Crippen MR) is 80.2 cm³/mol. The molecule has 20 heavy (non-hydrogen) atoms. The van der Waals surface area contributed by atoms with Crippen molar-refractivity contribution in [3.63, 3.8) is 0 Å². The SMILES string of the molecule is Cc1ccccc1CN(C)C(=O)CCc1cccnc1. The lowest BCUT2D eigenvalue weighted by atomic mass is 10.1. The average Bonchev–Trinajstić information content (AvgIpc) is 2.48. The molecule has 0 aliphatic heterocycles. The van der Waals surface area contributed by atoms with Crippen molar-refractivity contribution in [1.29, 1.82) is 0 Å². The third-order valence-electron chi connectivity index (χ3n) is 3.44. The van der Waals surface area contributed by atoms with Crippen molar-refractivity contribution in [2.24, 2.45) is 0 Å². The monoisotopic (exact) mass is 268 g/mol. The molecule has 0 saturated heterocycles. The van der Waals surface area contributed by atoms with Crippen LogP contribution in [-0.2, 0) is 17.8 Å². The zero-order valence-electron chi connectivity index (χ0n) is 12.0. The van der Waals surface area contributed by atoms with Gasteiger partial charge in [0.25, 0.3) is 0 Å².